The quantitative estimate of drug-likeness (QED) is 0.463. The molecule has 3 aliphatic rings. The molecule has 3 heterocycles. The molecule has 11 heteroatoms. The van der Waals surface area contributed by atoms with Gasteiger partial charge in [-0.15, -0.1) is 10.2 Å². The fourth-order valence-electron chi connectivity index (χ4n) is 5.55. The van der Waals surface area contributed by atoms with Gasteiger partial charge in [-0.1, -0.05) is 50.8 Å². The summed E-state index contributed by atoms with van der Waals surface area (Å²) < 4.78 is 2.14. The maximum absolute atomic E-state index is 12.9. The lowest BCUT2D eigenvalue weighted by molar-refractivity contribution is -0.139. The number of pyridine rings is 1. The smallest absolute Gasteiger partial charge is 0.322 e. The molecule has 1 saturated heterocycles. The van der Waals surface area contributed by atoms with Gasteiger partial charge in [0, 0.05) is 24.0 Å². The lowest BCUT2D eigenvalue weighted by Gasteiger charge is -2.31. The molecule has 0 radical (unpaired) electrons. The van der Waals surface area contributed by atoms with Crippen molar-refractivity contribution in [2.24, 2.45) is 5.92 Å². The molecule has 1 aliphatic heterocycles. The van der Waals surface area contributed by atoms with Crippen molar-refractivity contribution in [2.75, 3.05) is 5.75 Å². The van der Waals surface area contributed by atoms with Gasteiger partial charge < -0.3 is 5.32 Å². The Bertz CT molecular complexity index is 1100. The zero-order valence-corrected chi connectivity index (χ0v) is 20.7. The van der Waals surface area contributed by atoms with Crippen LogP contribution in [0.1, 0.15) is 70.8 Å². The minimum Gasteiger partial charge on any atom is -0.322 e. The Morgan fingerprint density at radius 2 is 1.97 bits per heavy atom. The summed E-state index contributed by atoms with van der Waals surface area (Å²) in [5, 5.41) is 13.2. The van der Waals surface area contributed by atoms with E-state index >= 15 is 0 Å². The van der Waals surface area contributed by atoms with Crippen molar-refractivity contribution < 1.29 is 14.4 Å². The molecule has 0 bridgehead atoms. The number of rotatable bonds is 6. The van der Waals surface area contributed by atoms with Gasteiger partial charge in [-0.05, 0) is 43.7 Å². The summed E-state index contributed by atoms with van der Waals surface area (Å²) in [6, 6.07) is 3.50. The van der Waals surface area contributed by atoms with E-state index in [0.29, 0.717) is 23.9 Å². The van der Waals surface area contributed by atoms with Crippen molar-refractivity contribution in [2.45, 2.75) is 81.4 Å². The summed E-state index contributed by atoms with van der Waals surface area (Å²) >= 11 is 1.27. The van der Waals surface area contributed by atoms with Gasteiger partial charge in [0.05, 0.1) is 5.75 Å². The number of carbonyl (C=O) groups is 3. The normalized spacial score (nSPS) is 24.0. The van der Waals surface area contributed by atoms with Crippen LogP contribution in [0, 0.1) is 5.92 Å². The van der Waals surface area contributed by atoms with Crippen LogP contribution in [0.2, 0.25) is 0 Å². The fourth-order valence-corrected chi connectivity index (χ4v) is 6.33. The summed E-state index contributed by atoms with van der Waals surface area (Å²) in [5.74, 6) is 0.421. The molecular formula is C24H31N7O3S. The monoisotopic (exact) mass is 497 g/mol. The van der Waals surface area contributed by atoms with E-state index in [2.05, 4.69) is 37.4 Å². The summed E-state index contributed by atoms with van der Waals surface area (Å²) in [5.41, 5.74) is 2.52. The first-order valence-corrected chi connectivity index (χ1v) is 13.4. The van der Waals surface area contributed by atoms with Crippen LogP contribution in [0.25, 0.3) is 11.4 Å². The van der Waals surface area contributed by atoms with E-state index in [-0.39, 0.29) is 17.7 Å². The molecule has 2 atom stereocenters. The molecule has 2 N–H and O–H groups in total. The summed E-state index contributed by atoms with van der Waals surface area (Å²) in [4.78, 5) is 42.4. The van der Waals surface area contributed by atoms with Crippen molar-refractivity contribution in [3.8, 4) is 11.4 Å². The third-order valence-corrected chi connectivity index (χ3v) is 8.36. The molecule has 186 valence electrons. The molecule has 10 nitrogen and oxygen atoms in total. The third kappa shape index (κ3) is 4.65. The SMILES string of the molecule is C[C@@H]1CCCC[C@@H]1n1c(SCC(=O)NN2C(=O)NC3(CCCCC3)C2=O)nnc1-c1cccnc1. The molecular weight excluding hydrogens is 466 g/mol. The molecule has 5 rings (SSSR count). The van der Waals surface area contributed by atoms with E-state index in [4.69, 9.17) is 0 Å². The van der Waals surface area contributed by atoms with Crippen molar-refractivity contribution in [1.29, 1.82) is 0 Å². The van der Waals surface area contributed by atoms with Crippen LogP contribution in [0.15, 0.2) is 29.7 Å². The van der Waals surface area contributed by atoms with E-state index in [1.54, 1.807) is 12.4 Å². The van der Waals surface area contributed by atoms with E-state index in [9.17, 15) is 14.4 Å². The number of thioether (sulfide) groups is 1. The van der Waals surface area contributed by atoms with Gasteiger partial charge in [-0.25, -0.2) is 4.79 Å². The van der Waals surface area contributed by atoms with Gasteiger partial charge in [-0.3, -0.25) is 24.6 Å². The number of imide groups is 1. The van der Waals surface area contributed by atoms with Gasteiger partial charge >= 0.3 is 6.03 Å². The first-order chi connectivity index (χ1) is 17.0. The van der Waals surface area contributed by atoms with Gasteiger partial charge in [0.25, 0.3) is 5.91 Å². The van der Waals surface area contributed by atoms with Crippen molar-refractivity contribution in [3.05, 3.63) is 24.5 Å². The highest BCUT2D eigenvalue weighted by molar-refractivity contribution is 7.99. The predicted octanol–water partition coefficient (Wildman–Crippen LogP) is 3.47. The number of amides is 4. The third-order valence-electron chi connectivity index (χ3n) is 7.42. The van der Waals surface area contributed by atoms with Gasteiger partial charge in [0.2, 0.25) is 5.91 Å². The maximum atomic E-state index is 12.9. The zero-order chi connectivity index (χ0) is 24.4. The highest BCUT2D eigenvalue weighted by Crippen LogP contribution is 2.39. The van der Waals surface area contributed by atoms with Crippen LogP contribution >= 0.6 is 11.8 Å². The number of carbonyl (C=O) groups excluding carboxylic acids is 3. The molecule has 3 fully saturated rings. The van der Waals surface area contributed by atoms with Crippen LogP contribution in [-0.2, 0) is 9.59 Å². The molecule has 2 saturated carbocycles. The largest absolute Gasteiger partial charge is 0.344 e. The van der Waals surface area contributed by atoms with Crippen LogP contribution in [0.4, 0.5) is 4.79 Å². The topological polar surface area (TPSA) is 122 Å². The zero-order valence-electron chi connectivity index (χ0n) is 19.9. The number of nitrogens with one attached hydrogen (secondary N) is 2. The standard InChI is InChI=1S/C24H31N7O3S/c1-16-8-3-4-10-18(16)30-20(17-9-7-13-25-14-17)27-28-23(30)35-15-19(32)29-31-21(33)24(26-22(31)34)11-5-2-6-12-24/h7,9,13-14,16,18H,2-6,8,10-12,15H2,1H3,(H,26,34)(H,29,32)/t16-,18+/m1/s1. The highest BCUT2D eigenvalue weighted by Gasteiger charge is 2.52. The molecule has 2 aromatic heterocycles. The average Bonchev–Trinajstić information content (AvgIpc) is 3.39. The first-order valence-electron chi connectivity index (χ1n) is 12.4. The Balaban J connectivity index is 1.30. The second kappa shape index (κ2) is 9.96. The number of hydrogen-bond donors (Lipinski definition) is 2. The van der Waals surface area contributed by atoms with Gasteiger partial charge in [0.1, 0.15) is 5.54 Å². The Hall–Kier alpha value is -2.95. The summed E-state index contributed by atoms with van der Waals surface area (Å²) in [6.07, 6.45) is 12.0. The van der Waals surface area contributed by atoms with Crippen molar-refractivity contribution in [1.82, 2.24) is 35.5 Å². The maximum Gasteiger partial charge on any atom is 0.344 e. The number of nitrogens with zero attached hydrogens (tertiary/aromatic N) is 5. The lowest BCUT2D eigenvalue weighted by Crippen LogP contribution is -2.51. The predicted molar refractivity (Wildman–Crippen MR) is 130 cm³/mol. The highest BCUT2D eigenvalue weighted by atomic mass is 32.2. The summed E-state index contributed by atoms with van der Waals surface area (Å²) in [7, 11) is 0. The second-order valence-corrected chi connectivity index (χ2v) is 10.7. The Labute approximate surface area is 208 Å². The fraction of sp³-hybridized carbons (Fsp3) is 0.583. The van der Waals surface area contributed by atoms with Crippen molar-refractivity contribution >= 4 is 29.6 Å². The van der Waals surface area contributed by atoms with E-state index in [0.717, 1.165) is 54.9 Å². The minimum absolute atomic E-state index is 0.0103. The van der Waals surface area contributed by atoms with Crippen LogP contribution in [0.3, 0.4) is 0 Å². The van der Waals surface area contributed by atoms with Crippen LogP contribution < -0.4 is 10.7 Å². The van der Waals surface area contributed by atoms with Crippen LogP contribution in [-0.4, -0.2) is 53.9 Å². The van der Waals surface area contributed by atoms with Gasteiger partial charge in [-0.2, -0.15) is 5.01 Å². The molecule has 0 aromatic carbocycles. The van der Waals surface area contributed by atoms with Crippen LogP contribution in [0.5, 0.6) is 0 Å². The molecule has 35 heavy (non-hydrogen) atoms. The minimum atomic E-state index is -0.869. The Morgan fingerprint density at radius 3 is 2.71 bits per heavy atom. The van der Waals surface area contributed by atoms with Crippen molar-refractivity contribution in [3.63, 3.8) is 0 Å². The second-order valence-electron chi connectivity index (χ2n) is 9.78. The molecule has 2 aliphatic carbocycles. The van der Waals surface area contributed by atoms with E-state index in [1.165, 1.54) is 18.2 Å². The average molecular weight is 498 g/mol. The summed E-state index contributed by atoms with van der Waals surface area (Å²) in [6.45, 7) is 2.25. The number of aromatic nitrogens is 4. The molecule has 4 amide bonds. The van der Waals surface area contributed by atoms with Gasteiger partial charge in [0.15, 0.2) is 11.0 Å². The number of urea groups is 1. The molecule has 0 unspecified atom stereocenters. The number of hydrazine groups is 1. The Kier molecular flexibility index (Phi) is 6.77. The Morgan fingerprint density at radius 1 is 1.17 bits per heavy atom. The lowest BCUT2D eigenvalue weighted by atomic mass is 9.82. The van der Waals surface area contributed by atoms with E-state index in [1.807, 2.05) is 12.1 Å². The molecule has 2 aromatic rings. The number of hydrogen-bond acceptors (Lipinski definition) is 7. The first kappa shape index (κ1) is 23.8. The molecule has 1 spiro atoms. The van der Waals surface area contributed by atoms with E-state index < -0.39 is 17.5 Å².